The predicted molar refractivity (Wildman–Crippen MR) is 150 cm³/mol. The fourth-order valence-electron chi connectivity index (χ4n) is 4.31. The summed E-state index contributed by atoms with van der Waals surface area (Å²) in [7, 11) is 0. The first-order chi connectivity index (χ1) is 16.5. The zero-order chi connectivity index (χ0) is 24.3. The van der Waals surface area contributed by atoms with Gasteiger partial charge in [-0.05, 0) is 85.7 Å². The molecule has 1 unspecified atom stereocenters. The number of hydrogen-bond acceptors (Lipinski definition) is 0. The van der Waals surface area contributed by atoms with Gasteiger partial charge in [0.1, 0.15) is 0 Å². The molecule has 0 amide bonds. The Bertz CT molecular complexity index is 1240. The van der Waals surface area contributed by atoms with Crippen LogP contribution >= 0.6 is 0 Å². The Morgan fingerprint density at radius 1 is 0.912 bits per heavy atom. The highest BCUT2D eigenvalue weighted by Crippen LogP contribution is 2.39. The van der Waals surface area contributed by atoms with Crippen LogP contribution in [0.15, 0.2) is 115 Å². The molecule has 3 aromatic rings. The van der Waals surface area contributed by atoms with Gasteiger partial charge in [0.15, 0.2) is 0 Å². The summed E-state index contributed by atoms with van der Waals surface area (Å²) < 4.78 is 0. The maximum absolute atomic E-state index is 5.39. The van der Waals surface area contributed by atoms with Crippen molar-refractivity contribution < 1.29 is 0 Å². The Balaban J connectivity index is 0.000000396. The van der Waals surface area contributed by atoms with Crippen molar-refractivity contribution in [1.29, 1.82) is 0 Å². The van der Waals surface area contributed by atoms with Crippen molar-refractivity contribution in [2.75, 3.05) is 0 Å². The lowest BCUT2D eigenvalue weighted by molar-refractivity contribution is 0.802. The lowest BCUT2D eigenvalue weighted by atomic mass is 9.80. The van der Waals surface area contributed by atoms with Crippen LogP contribution in [0.2, 0.25) is 0 Å². The molecule has 1 aliphatic carbocycles. The van der Waals surface area contributed by atoms with Gasteiger partial charge in [0.2, 0.25) is 0 Å². The summed E-state index contributed by atoms with van der Waals surface area (Å²) in [6.45, 7) is 8.59. The Kier molecular flexibility index (Phi) is 9.07. The molecule has 0 saturated carbocycles. The van der Waals surface area contributed by atoms with Crippen LogP contribution in [0.3, 0.4) is 0 Å². The summed E-state index contributed by atoms with van der Waals surface area (Å²) in [6.07, 6.45) is 16.9. The van der Waals surface area contributed by atoms with Crippen LogP contribution in [0, 0.1) is 26.2 Å². The predicted octanol–water partition coefficient (Wildman–Crippen LogP) is 9.10. The largest absolute Gasteiger partial charge is 0.115 e. The van der Waals surface area contributed by atoms with Crippen molar-refractivity contribution in [3.05, 3.63) is 143 Å². The van der Waals surface area contributed by atoms with Crippen LogP contribution in [-0.4, -0.2) is 0 Å². The molecule has 0 heterocycles. The lowest BCUT2D eigenvalue weighted by Crippen LogP contribution is -2.06. The first kappa shape index (κ1) is 24.8. The van der Waals surface area contributed by atoms with E-state index in [4.69, 9.17) is 6.42 Å². The van der Waals surface area contributed by atoms with E-state index < -0.39 is 0 Å². The summed E-state index contributed by atoms with van der Waals surface area (Å²) in [5.74, 6) is 3.02. The van der Waals surface area contributed by atoms with Crippen molar-refractivity contribution in [1.82, 2.24) is 0 Å². The Morgan fingerprint density at radius 2 is 1.59 bits per heavy atom. The number of rotatable bonds is 4. The first-order valence-electron chi connectivity index (χ1n) is 11.9. The van der Waals surface area contributed by atoms with Crippen LogP contribution in [0.4, 0.5) is 0 Å². The van der Waals surface area contributed by atoms with Crippen molar-refractivity contribution in [3.8, 4) is 12.3 Å². The fourth-order valence-corrected chi connectivity index (χ4v) is 4.31. The van der Waals surface area contributed by atoms with Gasteiger partial charge in [0.05, 0.1) is 0 Å². The molecule has 4 rings (SSSR count). The number of benzene rings is 3. The summed E-state index contributed by atoms with van der Waals surface area (Å²) in [5.41, 5.74) is 10.4. The average Bonchev–Trinajstić information content (AvgIpc) is 2.87. The molecular formula is C34H34. The van der Waals surface area contributed by atoms with Gasteiger partial charge in [-0.3, -0.25) is 0 Å². The molecule has 0 radical (unpaired) electrons. The van der Waals surface area contributed by atoms with E-state index in [9.17, 15) is 0 Å². The highest BCUT2D eigenvalue weighted by Gasteiger charge is 2.20. The minimum atomic E-state index is 0.441. The maximum atomic E-state index is 5.39. The number of aryl methyl sites for hydroxylation is 2. The fraction of sp³-hybridized carbons (Fsp3) is 0.176. The maximum Gasteiger partial charge on any atom is 0.00892 e. The van der Waals surface area contributed by atoms with E-state index in [0.29, 0.717) is 5.92 Å². The van der Waals surface area contributed by atoms with Crippen LogP contribution in [0.1, 0.15) is 54.0 Å². The summed E-state index contributed by atoms with van der Waals surface area (Å²) in [6, 6.07) is 27.7. The number of allylic oxidation sites excluding steroid dienone is 8. The highest BCUT2D eigenvalue weighted by atomic mass is 14.2. The molecular weight excluding hydrogens is 408 g/mol. The van der Waals surface area contributed by atoms with Gasteiger partial charge in [0, 0.05) is 5.92 Å². The lowest BCUT2D eigenvalue weighted by Gasteiger charge is -2.25. The standard InChI is InChI=1S/C27H26.C7H8/c1-5-7-12-22(6-2)24-18-17-20(3)27(19-24)26-16-11-15-25(21(26)4)23-13-9-8-10-14-23;1-7-5-3-2-4-6-7/h1,6-14,16-19,25H,15H2,2-4H3;2-6H,1H3/b12-7-,22-6+;. The average molecular weight is 443 g/mol. The molecule has 0 aliphatic heterocycles. The van der Waals surface area contributed by atoms with Crippen LogP contribution in [0.5, 0.6) is 0 Å². The summed E-state index contributed by atoms with van der Waals surface area (Å²) >= 11 is 0. The second-order valence-electron chi connectivity index (χ2n) is 8.63. The van der Waals surface area contributed by atoms with E-state index in [0.717, 1.165) is 12.0 Å². The Labute approximate surface area is 206 Å². The third kappa shape index (κ3) is 6.37. The SMILES string of the molecule is C#C/C=C\C(=C/C)c1ccc(C)c(C2=C(C)C(c3ccccc3)CC=C2)c1.Cc1ccccc1. The molecule has 0 fully saturated rings. The second kappa shape index (κ2) is 12.4. The third-order valence-corrected chi connectivity index (χ3v) is 6.28. The molecule has 0 heteroatoms. The Morgan fingerprint density at radius 3 is 2.18 bits per heavy atom. The number of terminal acetylenes is 1. The molecule has 0 spiro atoms. The van der Waals surface area contributed by atoms with E-state index in [1.165, 1.54) is 39.0 Å². The van der Waals surface area contributed by atoms with Crippen LogP contribution in [0.25, 0.3) is 11.1 Å². The van der Waals surface area contributed by atoms with E-state index in [-0.39, 0.29) is 0 Å². The Hall–Kier alpha value is -3.82. The minimum absolute atomic E-state index is 0.441. The van der Waals surface area contributed by atoms with Gasteiger partial charge in [-0.2, -0.15) is 0 Å². The van der Waals surface area contributed by atoms with Crippen LogP contribution < -0.4 is 0 Å². The summed E-state index contributed by atoms with van der Waals surface area (Å²) in [4.78, 5) is 0. The first-order valence-corrected chi connectivity index (χ1v) is 11.9. The molecule has 0 bridgehead atoms. The quantitative estimate of drug-likeness (QED) is 0.279. The van der Waals surface area contributed by atoms with Gasteiger partial charge < -0.3 is 0 Å². The topological polar surface area (TPSA) is 0 Å². The van der Waals surface area contributed by atoms with Crippen LogP contribution in [-0.2, 0) is 0 Å². The smallest absolute Gasteiger partial charge is 0.00892 e. The normalized spacial score (nSPS) is 15.6. The van der Waals surface area contributed by atoms with E-state index in [2.05, 4.69) is 106 Å². The zero-order valence-electron chi connectivity index (χ0n) is 20.8. The van der Waals surface area contributed by atoms with Gasteiger partial charge in [0.25, 0.3) is 0 Å². The molecule has 1 aliphatic rings. The molecule has 170 valence electrons. The molecule has 1 atom stereocenters. The number of hydrogen-bond donors (Lipinski definition) is 0. The zero-order valence-corrected chi connectivity index (χ0v) is 20.8. The monoisotopic (exact) mass is 442 g/mol. The van der Waals surface area contributed by atoms with Crippen molar-refractivity contribution in [2.24, 2.45) is 0 Å². The molecule has 0 N–H and O–H groups in total. The van der Waals surface area contributed by atoms with Crippen molar-refractivity contribution in [2.45, 2.75) is 40.0 Å². The molecule has 0 aromatic heterocycles. The van der Waals surface area contributed by atoms with E-state index >= 15 is 0 Å². The van der Waals surface area contributed by atoms with Gasteiger partial charge in [-0.1, -0.05) is 108 Å². The van der Waals surface area contributed by atoms with Gasteiger partial charge in [-0.25, -0.2) is 0 Å². The van der Waals surface area contributed by atoms with E-state index in [1.54, 1.807) is 6.08 Å². The summed E-state index contributed by atoms with van der Waals surface area (Å²) in [5, 5.41) is 0. The van der Waals surface area contributed by atoms with Crippen molar-refractivity contribution in [3.63, 3.8) is 0 Å². The molecule has 0 saturated heterocycles. The van der Waals surface area contributed by atoms with Gasteiger partial charge in [-0.15, -0.1) is 6.42 Å². The van der Waals surface area contributed by atoms with E-state index in [1.807, 2.05) is 31.2 Å². The molecule has 0 nitrogen and oxygen atoms in total. The minimum Gasteiger partial charge on any atom is -0.115 e. The molecule has 34 heavy (non-hydrogen) atoms. The second-order valence-corrected chi connectivity index (χ2v) is 8.63. The van der Waals surface area contributed by atoms with Gasteiger partial charge >= 0.3 is 0 Å². The molecule has 3 aromatic carbocycles. The third-order valence-electron chi connectivity index (χ3n) is 6.28. The van der Waals surface area contributed by atoms with Crippen molar-refractivity contribution >= 4 is 11.1 Å². The highest BCUT2D eigenvalue weighted by molar-refractivity contribution is 5.84.